The molecule has 1 aliphatic heterocycles. The molecule has 10 heteroatoms. The number of nitrogens with zero attached hydrogens (tertiary/aromatic N) is 1. The molecule has 0 amide bonds. The molecular formula is C18H20F2N2O4S2. The SMILES string of the molecule is O=S(=O)(Nc1ccc(S(=O)(=O)N2CCCCCC2)cc1)c1ccc(F)c(F)c1. The average molecular weight is 430 g/mol. The second kappa shape index (κ2) is 8.14. The molecule has 3 rings (SSSR count). The Hall–Kier alpha value is -2.04. The molecule has 0 radical (unpaired) electrons. The third-order valence-corrected chi connectivity index (χ3v) is 7.80. The maximum absolute atomic E-state index is 13.3. The lowest BCUT2D eigenvalue weighted by molar-refractivity contribution is 0.424. The number of benzene rings is 2. The third kappa shape index (κ3) is 4.50. The molecule has 2 aromatic carbocycles. The van der Waals surface area contributed by atoms with Gasteiger partial charge in [0.1, 0.15) is 0 Å². The molecule has 1 aliphatic rings. The Morgan fingerprint density at radius 1 is 0.750 bits per heavy atom. The van der Waals surface area contributed by atoms with Crippen molar-refractivity contribution < 1.29 is 25.6 Å². The highest BCUT2D eigenvalue weighted by Crippen LogP contribution is 2.23. The van der Waals surface area contributed by atoms with Gasteiger partial charge < -0.3 is 0 Å². The van der Waals surface area contributed by atoms with Crippen LogP contribution in [0.3, 0.4) is 0 Å². The second-order valence-corrected chi connectivity index (χ2v) is 10.1. The van der Waals surface area contributed by atoms with Crippen molar-refractivity contribution >= 4 is 25.7 Å². The van der Waals surface area contributed by atoms with Gasteiger partial charge in [-0.15, -0.1) is 0 Å². The van der Waals surface area contributed by atoms with E-state index in [1.165, 1.54) is 28.6 Å². The molecule has 0 aromatic heterocycles. The molecule has 1 fully saturated rings. The number of anilines is 1. The number of nitrogens with one attached hydrogen (secondary N) is 1. The Labute approximate surface area is 163 Å². The standard InChI is InChI=1S/C18H20F2N2O4S2/c19-17-10-9-16(13-18(17)20)27(23,24)21-14-5-7-15(8-6-14)28(25,26)22-11-3-1-2-4-12-22/h5-10,13,21H,1-4,11-12H2. The van der Waals surface area contributed by atoms with Crippen LogP contribution in [0.4, 0.5) is 14.5 Å². The van der Waals surface area contributed by atoms with Crippen molar-refractivity contribution in [2.75, 3.05) is 17.8 Å². The van der Waals surface area contributed by atoms with Crippen LogP contribution in [0, 0.1) is 11.6 Å². The van der Waals surface area contributed by atoms with E-state index in [0.29, 0.717) is 19.2 Å². The number of hydrogen-bond donors (Lipinski definition) is 1. The zero-order valence-corrected chi connectivity index (χ0v) is 16.6. The molecule has 28 heavy (non-hydrogen) atoms. The van der Waals surface area contributed by atoms with Gasteiger partial charge in [-0.05, 0) is 55.3 Å². The summed E-state index contributed by atoms with van der Waals surface area (Å²) >= 11 is 0. The largest absolute Gasteiger partial charge is 0.280 e. The van der Waals surface area contributed by atoms with Crippen molar-refractivity contribution in [3.63, 3.8) is 0 Å². The minimum absolute atomic E-state index is 0.0742. The van der Waals surface area contributed by atoms with E-state index in [1.807, 2.05) is 0 Å². The summed E-state index contributed by atoms with van der Waals surface area (Å²) < 4.78 is 80.1. The summed E-state index contributed by atoms with van der Waals surface area (Å²) in [5, 5.41) is 0. The highest BCUT2D eigenvalue weighted by Gasteiger charge is 2.25. The summed E-state index contributed by atoms with van der Waals surface area (Å²) in [4.78, 5) is -0.363. The first-order chi connectivity index (χ1) is 13.2. The quantitative estimate of drug-likeness (QED) is 0.789. The van der Waals surface area contributed by atoms with E-state index in [2.05, 4.69) is 4.72 Å². The Morgan fingerprint density at radius 2 is 1.32 bits per heavy atom. The zero-order valence-electron chi connectivity index (χ0n) is 14.9. The molecule has 2 aromatic rings. The number of rotatable bonds is 5. The third-order valence-electron chi connectivity index (χ3n) is 4.51. The van der Waals surface area contributed by atoms with Gasteiger partial charge in [0.25, 0.3) is 10.0 Å². The molecule has 1 saturated heterocycles. The van der Waals surface area contributed by atoms with Gasteiger partial charge in [0.05, 0.1) is 9.79 Å². The van der Waals surface area contributed by atoms with E-state index in [-0.39, 0.29) is 10.6 Å². The summed E-state index contributed by atoms with van der Waals surface area (Å²) in [7, 11) is -7.79. The molecule has 1 heterocycles. The van der Waals surface area contributed by atoms with Gasteiger partial charge in [-0.1, -0.05) is 12.8 Å². The Morgan fingerprint density at radius 3 is 1.89 bits per heavy atom. The van der Waals surface area contributed by atoms with E-state index >= 15 is 0 Å². The molecule has 0 atom stereocenters. The fraction of sp³-hybridized carbons (Fsp3) is 0.333. The Bertz CT molecular complexity index is 1050. The first-order valence-electron chi connectivity index (χ1n) is 8.78. The van der Waals surface area contributed by atoms with E-state index in [0.717, 1.165) is 37.8 Å². The van der Waals surface area contributed by atoms with Gasteiger partial charge in [-0.25, -0.2) is 25.6 Å². The maximum atomic E-state index is 13.3. The van der Waals surface area contributed by atoms with E-state index in [4.69, 9.17) is 0 Å². The van der Waals surface area contributed by atoms with Crippen molar-refractivity contribution in [3.8, 4) is 0 Å². The predicted octanol–water partition coefficient (Wildman–Crippen LogP) is 3.33. The molecule has 0 spiro atoms. The summed E-state index contributed by atoms with van der Waals surface area (Å²) in [6.07, 6.45) is 3.62. The molecule has 0 unspecified atom stereocenters. The predicted molar refractivity (Wildman–Crippen MR) is 101 cm³/mol. The van der Waals surface area contributed by atoms with Crippen LogP contribution in [-0.4, -0.2) is 34.2 Å². The second-order valence-electron chi connectivity index (χ2n) is 6.52. The number of halogens is 2. The van der Waals surface area contributed by atoms with Crippen LogP contribution in [0.2, 0.25) is 0 Å². The van der Waals surface area contributed by atoms with E-state index in [9.17, 15) is 25.6 Å². The van der Waals surface area contributed by atoms with Crippen LogP contribution in [-0.2, 0) is 20.0 Å². The lowest BCUT2D eigenvalue weighted by Crippen LogP contribution is -2.31. The van der Waals surface area contributed by atoms with Gasteiger partial charge in [0, 0.05) is 18.8 Å². The highest BCUT2D eigenvalue weighted by molar-refractivity contribution is 7.92. The van der Waals surface area contributed by atoms with Crippen molar-refractivity contribution in [2.45, 2.75) is 35.5 Å². The molecule has 0 bridgehead atoms. The number of hydrogen-bond acceptors (Lipinski definition) is 4. The smallest absolute Gasteiger partial charge is 0.261 e. The molecule has 152 valence electrons. The summed E-state index contributed by atoms with van der Waals surface area (Å²) in [6.45, 7) is 0.930. The van der Waals surface area contributed by atoms with E-state index in [1.54, 1.807) is 0 Å². The number of sulfonamides is 2. The summed E-state index contributed by atoms with van der Waals surface area (Å²) in [6, 6.07) is 7.53. The lowest BCUT2D eigenvalue weighted by atomic mass is 10.2. The summed E-state index contributed by atoms with van der Waals surface area (Å²) in [5.41, 5.74) is 0.111. The maximum Gasteiger partial charge on any atom is 0.261 e. The van der Waals surface area contributed by atoms with Crippen LogP contribution < -0.4 is 4.72 Å². The van der Waals surface area contributed by atoms with Crippen LogP contribution in [0.1, 0.15) is 25.7 Å². The fourth-order valence-electron chi connectivity index (χ4n) is 2.98. The van der Waals surface area contributed by atoms with Crippen LogP contribution in [0.25, 0.3) is 0 Å². The van der Waals surface area contributed by atoms with Gasteiger partial charge >= 0.3 is 0 Å². The summed E-state index contributed by atoms with van der Waals surface area (Å²) in [5.74, 6) is -2.43. The van der Waals surface area contributed by atoms with Crippen molar-refractivity contribution in [3.05, 3.63) is 54.1 Å². The van der Waals surface area contributed by atoms with Gasteiger partial charge in [0.2, 0.25) is 10.0 Å². The molecular weight excluding hydrogens is 410 g/mol. The first-order valence-corrected chi connectivity index (χ1v) is 11.7. The van der Waals surface area contributed by atoms with Gasteiger partial charge in [-0.2, -0.15) is 4.31 Å². The van der Waals surface area contributed by atoms with Crippen LogP contribution >= 0.6 is 0 Å². The van der Waals surface area contributed by atoms with E-state index < -0.39 is 36.6 Å². The highest BCUT2D eigenvalue weighted by atomic mass is 32.2. The topological polar surface area (TPSA) is 83.5 Å². The Kier molecular flexibility index (Phi) is 6.01. The first kappa shape index (κ1) is 20.7. The van der Waals surface area contributed by atoms with Crippen LogP contribution in [0.5, 0.6) is 0 Å². The molecule has 1 N–H and O–H groups in total. The van der Waals surface area contributed by atoms with Gasteiger partial charge in [-0.3, -0.25) is 4.72 Å². The minimum atomic E-state index is -4.14. The average Bonchev–Trinajstić information content (AvgIpc) is 2.94. The minimum Gasteiger partial charge on any atom is -0.280 e. The van der Waals surface area contributed by atoms with Gasteiger partial charge in [0.15, 0.2) is 11.6 Å². The normalized spacial score (nSPS) is 16.5. The van der Waals surface area contributed by atoms with Crippen molar-refractivity contribution in [2.24, 2.45) is 0 Å². The van der Waals surface area contributed by atoms with Crippen LogP contribution in [0.15, 0.2) is 52.3 Å². The monoisotopic (exact) mass is 430 g/mol. The molecule has 0 aliphatic carbocycles. The van der Waals surface area contributed by atoms with Crippen molar-refractivity contribution in [1.82, 2.24) is 4.31 Å². The van der Waals surface area contributed by atoms with Crippen molar-refractivity contribution in [1.29, 1.82) is 0 Å². The lowest BCUT2D eigenvalue weighted by Gasteiger charge is -2.20. The molecule has 0 saturated carbocycles. The Balaban J connectivity index is 1.79. The zero-order chi connectivity index (χ0) is 20.4. The fourth-order valence-corrected chi connectivity index (χ4v) is 5.57. The molecule has 6 nitrogen and oxygen atoms in total.